The summed E-state index contributed by atoms with van der Waals surface area (Å²) in [7, 11) is 0. The van der Waals surface area contributed by atoms with E-state index in [4.69, 9.17) is 11.5 Å². The van der Waals surface area contributed by atoms with Crippen LogP contribution in [-0.4, -0.2) is 17.6 Å². The molecule has 1 unspecified atom stereocenters. The summed E-state index contributed by atoms with van der Waals surface area (Å²) in [6.07, 6.45) is 0.789. The number of nitrogens with two attached hydrogens (primary N) is 2. The Hall–Kier alpha value is -1.75. The van der Waals surface area contributed by atoms with Crippen LogP contribution in [0.2, 0.25) is 0 Å². The van der Waals surface area contributed by atoms with Crippen molar-refractivity contribution in [3.05, 3.63) is 29.8 Å². The van der Waals surface area contributed by atoms with Crippen LogP contribution < -0.4 is 16.4 Å². The van der Waals surface area contributed by atoms with Gasteiger partial charge in [-0.25, -0.2) is 4.99 Å². The van der Waals surface area contributed by atoms with Crippen LogP contribution in [-0.2, 0) is 0 Å². The molecule has 1 aliphatic heterocycles. The quantitative estimate of drug-likeness (QED) is 0.870. The maximum atomic E-state index is 6.01. The largest absolute Gasteiger partial charge is 0.369 e. The third-order valence-electron chi connectivity index (χ3n) is 3.26. The molecule has 104 valence electrons. The third kappa shape index (κ3) is 2.81. The van der Waals surface area contributed by atoms with E-state index >= 15 is 0 Å². The standard InChI is InChI=1S/C13H19N5.ClH/c1-4-13(3)17-11(14)16-12(15)18(13)10-7-5-9(2)6-8-10;/h5-8H,4H2,1-3H3,(H4,14,15,16,17);1H. The molecule has 19 heavy (non-hydrogen) atoms. The molecule has 0 bridgehead atoms. The number of anilines is 1. The predicted molar refractivity (Wildman–Crippen MR) is 82.8 cm³/mol. The number of benzene rings is 1. The minimum Gasteiger partial charge on any atom is -0.369 e. The second kappa shape index (κ2) is 5.48. The number of nitrogens with zero attached hydrogens (tertiary/aromatic N) is 3. The van der Waals surface area contributed by atoms with E-state index in [-0.39, 0.29) is 18.4 Å². The molecule has 6 heteroatoms. The summed E-state index contributed by atoms with van der Waals surface area (Å²) in [5.74, 6) is 0.621. The molecule has 5 nitrogen and oxygen atoms in total. The molecule has 0 aromatic heterocycles. The van der Waals surface area contributed by atoms with Gasteiger partial charge < -0.3 is 11.5 Å². The lowest BCUT2D eigenvalue weighted by molar-refractivity contribution is 0.466. The second-order valence-corrected chi connectivity index (χ2v) is 4.68. The summed E-state index contributed by atoms with van der Waals surface area (Å²) < 4.78 is 0. The fourth-order valence-electron chi connectivity index (χ4n) is 2.08. The zero-order chi connectivity index (χ0) is 13.3. The number of guanidine groups is 2. The van der Waals surface area contributed by atoms with Crippen molar-refractivity contribution in [1.29, 1.82) is 0 Å². The minimum absolute atomic E-state index is 0. The van der Waals surface area contributed by atoms with E-state index < -0.39 is 5.66 Å². The molecule has 1 atom stereocenters. The fraction of sp³-hybridized carbons (Fsp3) is 0.385. The van der Waals surface area contributed by atoms with Crippen LogP contribution in [0.15, 0.2) is 34.3 Å². The topological polar surface area (TPSA) is 80.0 Å². The molecule has 4 N–H and O–H groups in total. The molecule has 0 fully saturated rings. The molecule has 1 aromatic rings. The number of aryl methyl sites for hydroxylation is 1. The molecular weight excluding hydrogens is 262 g/mol. The fourth-order valence-corrected chi connectivity index (χ4v) is 2.08. The van der Waals surface area contributed by atoms with Gasteiger partial charge in [0.05, 0.1) is 0 Å². The Morgan fingerprint density at radius 3 is 2.32 bits per heavy atom. The Morgan fingerprint density at radius 2 is 1.79 bits per heavy atom. The van der Waals surface area contributed by atoms with Gasteiger partial charge in [-0.3, -0.25) is 4.90 Å². The Morgan fingerprint density at radius 1 is 1.21 bits per heavy atom. The Balaban J connectivity index is 0.00000180. The molecule has 0 spiro atoms. The van der Waals surface area contributed by atoms with Crippen molar-refractivity contribution in [3.63, 3.8) is 0 Å². The van der Waals surface area contributed by atoms with Crippen molar-refractivity contribution in [2.24, 2.45) is 21.5 Å². The molecule has 1 aliphatic rings. The Kier molecular flexibility index (Phi) is 4.42. The third-order valence-corrected chi connectivity index (χ3v) is 3.26. The highest BCUT2D eigenvalue weighted by molar-refractivity contribution is 6.05. The predicted octanol–water partition coefficient (Wildman–Crippen LogP) is 1.99. The highest BCUT2D eigenvalue weighted by atomic mass is 35.5. The SMILES string of the molecule is CCC1(C)N=C(N)N=C(N)N1c1ccc(C)cc1.Cl. The van der Waals surface area contributed by atoms with Crippen LogP contribution in [0.1, 0.15) is 25.8 Å². The summed E-state index contributed by atoms with van der Waals surface area (Å²) in [6, 6.07) is 8.12. The van der Waals surface area contributed by atoms with Gasteiger partial charge in [-0.15, -0.1) is 12.4 Å². The first-order valence-electron chi connectivity index (χ1n) is 6.02. The molecule has 1 aromatic carbocycles. The molecule has 0 amide bonds. The average Bonchev–Trinajstić information content (AvgIpc) is 2.30. The average molecular weight is 282 g/mol. The van der Waals surface area contributed by atoms with Crippen LogP contribution in [0.3, 0.4) is 0 Å². The van der Waals surface area contributed by atoms with Crippen molar-refractivity contribution in [2.75, 3.05) is 4.90 Å². The first-order chi connectivity index (χ1) is 8.46. The van der Waals surface area contributed by atoms with Crippen LogP contribution >= 0.6 is 12.4 Å². The van der Waals surface area contributed by atoms with Gasteiger partial charge in [0.1, 0.15) is 5.66 Å². The maximum Gasteiger partial charge on any atom is 0.220 e. The summed E-state index contributed by atoms with van der Waals surface area (Å²) in [5, 5.41) is 0. The Labute approximate surface area is 119 Å². The van der Waals surface area contributed by atoms with E-state index in [0.29, 0.717) is 5.96 Å². The van der Waals surface area contributed by atoms with Gasteiger partial charge in [-0.05, 0) is 32.4 Å². The first kappa shape index (κ1) is 15.3. The lowest BCUT2D eigenvalue weighted by Crippen LogP contribution is -2.55. The summed E-state index contributed by atoms with van der Waals surface area (Å²) >= 11 is 0. The highest BCUT2D eigenvalue weighted by Gasteiger charge is 2.35. The van der Waals surface area contributed by atoms with Gasteiger partial charge in [0, 0.05) is 5.69 Å². The smallest absolute Gasteiger partial charge is 0.220 e. The van der Waals surface area contributed by atoms with E-state index in [1.165, 1.54) is 5.56 Å². The molecule has 1 heterocycles. The van der Waals surface area contributed by atoms with Crippen LogP contribution in [0.25, 0.3) is 0 Å². The monoisotopic (exact) mass is 281 g/mol. The van der Waals surface area contributed by atoms with E-state index in [1.54, 1.807) is 0 Å². The Bertz CT molecular complexity index is 508. The lowest BCUT2D eigenvalue weighted by atomic mass is 10.1. The van der Waals surface area contributed by atoms with Crippen molar-refractivity contribution in [2.45, 2.75) is 32.9 Å². The van der Waals surface area contributed by atoms with Crippen LogP contribution in [0.5, 0.6) is 0 Å². The van der Waals surface area contributed by atoms with Gasteiger partial charge in [-0.2, -0.15) is 4.99 Å². The van der Waals surface area contributed by atoms with Crippen molar-refractivity contribution < 1.29 is 0 Å². The summed E-state index contributed by atoms with van der Waals surface area (Å²) in [4.78, 5) is 10.4. The maximum absolute atomic E-state index is 6.01. The minimum atomic E-state index is -0.481. The van der Waals surface area contributed by atoms with Crippen molar-refractivity contribution in [3.8, 4) is 0 Å². The van der Waals surface area contributed by atoms with E-state index in [2.05, 4.69) is 16.9 Å². The molecule has 0 radical (unpaired) electrons. The van der Waals surface area contributed by atoms with E-state index in [0.717, 1.165) is 12.1 Å². The van der Waals surface area contributed by atoms with Crippen LogP contribution in [0, 0.1) is 6.92 Å². The normalized spacial score (nSPS) is 22.4. The molecular formula is C13H20ClN5. The number of hydrogen-bond acceptors (Lipinski definition) is 5. The number of hydrogen-bond donors (Lipinski definition) is 2. The van der Waals surface area contributed by atoms with Gasteiger partial charge in [0.2, 0.25) is 11.9 Å². The summed E-state index contributed by atoms with van der Waals surface area (Å²) in [6.45, 7) is 6.10. The van der Waals surface area contributed by atoms with Crippen LogP contribution in [0.4, 0.5) is 5.69 Å². The molecule has 2 rings (SSSR count). The van der Waals surface area contributed by atoms with Gasteiger partial charge in [0.15, 0.2) is 0 Å². The van der Waals surface area contributed by atoms with E-state index in [9.17, 15) is 0 Å². The second-order valence-electron chi connectivity index (χ2n) is 4.68. The zero-order valence-electron chi connectivity index (χ0n) is 11.4. The molecule has 0 saturated carbocycles. The number of rotatable bonds is 2. The van der Waals surface area contributed by atoms with Gasteiger partial charge in [0.25, 0.3) is 0 Å². The molecule has 0 saturated heterocycles. The number of aliphatic imine (C=N–C) groups is 2. The van der Waals surface area contributed by atoms with Crippen molar-refractivity contribution >= 4 is 30.0 Å². The number of halogens is 1. The van der Waals surface area contributed by atoms with E-state index in [1.807, 2.05) is 43.0 Å². The first-order valence-corrected chi connectivity index (χ1v) is 6.02. The zero-order valence-corrected chi connectivity index (χ0v) is 12.2. The van der Waals surface area contributed by atoms with Crippen molar-refractivity contribution in [1.82, 2.24) is 0 Å². The van der Waals surface area contributed by atoms with Gasteiger partial charge >= 0.3 is 0 Å². The van der Waals surface area contributed by atoms with Gasteiger partial charge in [-0.1, -0.05) is 24.6 Å². The highest BCUT2D eigenvalue weighted by Crippen LogP contribution is 2.30. The lowest BCUT2D eigenvalue weighted by Gasteiger charge is -2.40. The molecule has 0 aliphatic carbocycles. The summed E-state index contributed by atoms with van der Waals surface area (Å²) in [5.41, 5.74) is 13.4.